The Kier molecular flexibility index (Phi) is 41.5. The van der Waals surface area contributed by atoms with Gasteiger partial charge in [0.15, 0.2) is 0 Å². The molecule has 1 saturated carbocycles. The summed E-state index contributed by atoms with van der Waals surface area (Å²) in [4.78, 5) is 62.2. The van der Waals surface area contributed by atoms with Crippen LogP contribution in [0, 0.1) is 5.92 Å². The van der Waals surface area contributed by atoms with Gasteiger partial charge in [-0.3, -0.25) is 19.2 Å². The predicted octanol–water partition coefficient (Wildman–Crippen LogP) is 16.5. The van der Waals surface area contributed by atoms with Gasteiger partial charge in [-0.05, 0) is 232 Å². The molecule has 0 heterocycles. The maximum Gasteiger partial charge on any atom is 0.342 e. The summed E-state index contributed by atoms with van der Waals surface area (Å²) in [5, 5.41) is 9.08. The Morgan fingerprint density at radius 1 is 0.443 bits per heavy atom. The van der Waals surface area contributed by atoms with Crippen molar-refractivity contribution in [1.82, 2.24) is 0 Å². The highest BCUT2D eigenvalue weighted by molar-refractivity contribution is 5.93. The van der Waals surface area contributed by atoms with Crippen molar-refractivity contribution in [3.63, 3.8) is 0 Å². The summed E-state index contributed by atoms with van der Waals surface area (Å²) < 4.78 is 50.8. The molecular weight excluding hydrogens is 1120 g/mol. The van der Waals surface area contributed by atoms with E-state index in [1.165, 1.54) is 44.1 Å². The molecule has 4 rings (SSSR count). The van der Waals surface area contributed by atoms with Gasteiger partial charge in [0.1, 0.15) is 28.6 Å². The average molecular weight is 1220 g/mol. The Morgan fingerprint density at radius 3 is 1.31 bits per heavy atom. The van der Waals surface area contributed by atoms with Crippen molar-refractivity contribution in [2.24, 2.45) is 5.92 Å². The van der Waals surface area contributed by atoms with Gasteiger partial charge < -0.3 is 47.7 Å². The standard InChI is InChI=1S/C73H106O15/c1-3-5-6-7-18-30-61-33-39-64(40-34-61)80-50-20-10-14-24-54-84-70(76)47-48-72(78)87-57-27-17-13-23-53-83-68-44-43-66(59-67(68)73(79)88-58-28-9-8-19-49-74)82-52-22-12-16-26-56-86-71(77)46-45-69(75)85-55-25-15-11-21-51-81-65-41-37-63(38-42-65)62-35-31-60(29-4-2)32-36-62/h6,30,33-34,37-44,59-60,62,74H,3-5,8-17,19-29,31-32,35-36,45-58H2,1-2H3. The topological polar surface area (TPSA) is 189 Å². The second kappa shape index (κ2) is 49.4. The highest BCUT2D eigenvalue weighted by Crippen LogP contribution is 2.38. The summed E-state index contributed by atoms with van der Waals surface area (Å²) in [7, 11) is 0. The Balaban J connectivity index is 0.965. The number of aliphatic hydroxyl groups is 1. The van der Waals surface area contributed by atoms with E-state index in [1.54, 1.807) is 18.2 Å². The molecule has 488 valence electrons. The van der Waals surface area contributed by atoms with Crippen LogP contribution in [0.25, 0.3) is 6.08 Å². The Bertz CT molecular complexity index is 2450. The first-order chi connectivity index (χ1) is 43.2. The lowest BCUT2D eigenvalue weighted by Gasteiger charge is -2.28. The predicted molar refractivity (Wildman–Crippen MR) is 344 cm³/mol. The van der Waals surface area contributed by atoms with E-state index >= 15 is 0 Å². The molecule has 3 aromatic carbocycles. The molecule has 0 unspecified atom stereocenters. The van der Waals surface area contributed by atoms with E-state index in [2.05, 4.69) is 49.6 Å². The first-order valence-electron chi connectivity index (χ1n) is 33.6. The second-order valence-corrected chi connectivity index (χ2v) is 22.9. The van der Waals surface area contributed by atoms with Crippen LogP contribution < -0.4 is 18.9 Å². The van der Waals surface area contributed by atoms with Crippen LogP contribution in [0.2, 0.25) is 0 Å². The number of carbonyl (C=O) groups excluding carboxylic acids is 5. The molecule has 15 nitrogen and oxygen atoms in total. The van der Waals surface area contributed by atoms with Gasteiger partial charge >= 0.3 is 29.8 Å². The minimum Gasteiger partial charge on any atom is -0.494 e. The molecule has 0 atom stereocenters. The highest BCUT2D eigenvalue weighted by atomic mass is 16.6. The van der Waals surface area contributed by atoms with Crippen molar-refractivity contribution in [2.45, 2.75) is 225 Å². The number of hydrogen-bond donors (Lipinski definition) is 1. The lowest BCUT2D eigenvalue weighted by Crippen LogP contribution is -2.13. The van der Waals surface area contributed by atoms with E-state index in [9.17, 15) is 24.0 Å². The molecule has 1 aliphatic carbocycles. The van der Waals surface area contributed by atoms with E-state index < -0.39 is 23.9 Å². The minimum atomic E-state index is -0.497. The lowest BCUT2D eigenvalue weighted by molar-refractivity contribution is -0.150. The van der Waals surface area contributed by atoms with E-state index in [-0.39, 0.29) is 63.6 Å². The maximum absolute atomic E-state index is 13.3. The minimum absolute atomic E-state index is 0.000721. The maximum atomic E-state index is 13.3. The third-order valence-electron chi connectivity index (χ3n) is 15.4. The van der Waals surface area contributed by atoms with Gasteiger partial charge in [-0.1, -0.05) is 75.3 Å². The molecule has 0 radical (unpaired) electrons. The number of esters is 5. The molecule has 0 spiro atoms. The van der Waals surface area contributed by atoms with Gasteiger partial charge in [-0.15, -0.1) is 0 Å². The zero-order valence-electron chi connectivity index (χ0n) is 53.5. The van der Waals surface area contributed by atoms with Crippen molar-refractivity contribution < 1.29 is 71.7 Å². The molecule has 1 aliphatic rings. The number of benzene rings is 3. The van der Waals surface area contributed by atoms with Crippen LogP contribution in [0.3, 0.4) is 0 Å². The van der Waals surface area contributed by atoms with Crippen molar-refractivity contribution in [2.75, 3.05) is 66.1 Å². The van der Waals surface area contributed by atoms with Gasteiger partial charge in [-0.25, -0.2) is 4.79 Å². The Hall–Kier alpha value is -6.53. The van der Waals surface area contributed by atoms with Crippen LogP contribution in [0.15, 0.2) is 84.3 Å². The van der Waals surface area contributed by atoms with Crippen LogP contribution in [0.4, 0.5) is 0 Å². The number of ether oxygens (including phenoxy) is 9. The first kappa shape index (κ1) is 73.9. The van der Waals surface area contributed by atoms with Crippen LogP contribution in [0.5, 0.6) is 23.0 Å². The third kappa shape index (κ3) is 36.1. The highest BCUT2D eigenvalue weighted by Gasteiger charge is 2.22. The van der Waals surface area contributed by atoms with Crippen LogP contribution >= 0.6 is 0 Å². The van der Waals surface area contributed by atoms with E-state index in [1.807, 2.05) is 36.4 Å². The third-order valence-corrected chi connectivity index (χ3v) is 15.4. The molecule has 88 heavy (non-hydrogen) atoms. The second-order valence-electron chi connectivity index (χ2n) is 22.9. The molecule has 1 N–H and O–H groups in total. The molecular formula is C73H106O15. The number of allylic oxidation sites excluding steroid dienone is 1. The van der Waals surface area contributed by atoms with E-state index in [0.29, 0.717) is 82.7 Å². The summed E-state index contributed by atoms with van der Waals surface area (Å²) in [6, 6.07) is 21.7. The molecule has 0 saturated heterocycles. The fourth-order valence-corrected chi connectivity index (χ4v) is 10.2. The fourth-order valence-electron chi connectivity index (χ4n) is 10.2. The lowest BCUT2D eigenvalue weighted by atomic mass is 9.77. The number of carbonyl (C=O) groups is 5. The van der Waals surface area contributed by atoms with Gasteiger partial charge in [0.2, 0.25) is 0 Å². The first-order valence-corrected chi connectivity index (χ1v) is 33.6. The SMILES string of the molecule is CCCC=C=C=Cc1ccc(OCCCCCCOC(=O)CCC(=O)OCCCCCCOc2ccc(OCCCCCCOC(=O)CCC(=O)OCCCCCCOc3ccc(C4CCC(CCC)CC4)cc3)cc2C(=O)OCCCCCCO)cc1. The quantitative estimate of drug-likeness (QED) is 0.0243. The monoisotopic (exact) mass is 1220 g/mol. The van der Waals surface area contributed by atoms with Gasteiger partial charge in [-0.2, -0.15) is 0 Å². The molecule has 0 bridgehead atoms. The number of hydrogen-bond acceptors (Lipinski definition) is 15. The van der Waals surface area contributed by atoms with Crippen molar-refractivity contribution in [1.29, 1.82) is 0 Å². The smallest absolute Gasteiger partial charge is 0.342 e. The summed E-state index contributed by atoms with van der Waals surface area (Å²) in [6.45, 7) is 8.09. The molecule has 3 aromatic rings. The van der Waals surface area contributed by atoms with Crippen molar-refractivity contribution in [3.05, 3.63) is 101 Å². The molecule has 0 amide bonds. The zero-order chi connectivity index (χ0) is 62.8. The van der Waals surface area contributed by atoms with Crippen LogP contribution in [-0.4, -0.2) is 101 Å². The number of rotatable bonds is 51. The Labute approximate surface area is 526 Å². The summed E-state index contributed by atoms with van der Waals surface area (Å²) >= 11 is 0. The van der Waals surface area contributed by atoms with Crippen LogP contribution in [-0.2, 0) is 42.9 Å². The molecule has 0 aromatic heterocycles. The van der Waals surface area contributed by atoms with Crippen LogP contribution in [0.1, 0.15) is 247 Å². The zero-order valence-corrected chi connectivity index (χ0v) is 53.5. The summed E-state index contributed by atoms with van der Waals surface area (Å²) in [5.41, 5.74) is 8.85. The van der Waals surface area contributed by atoms with E-state index in [4.69, 9.17) is 47.7 Å². The number of aliphatic hydroxyl groups excluding tert-OH is 1. The normalized spacial score (nSPS) is 13.5. The summed E-state index contributed by atoms with van der Waals surface area (Å²) in [5.74, 6) is 2.13. The number of unbranched alkanes of at least 4 members (excludes halogenated alkanes) is 16. The van der Waals surface area contributed by atoms with Crippen molar-refractivity contribution >= 4 is 35.9 Å². The van der Waals surface area contributed by atoms with Gasteiger partial charge in [0, 0.05) is 6.61 Å². The Morgan fingerprint density at radius 2 is 0.852 bits per heavy atom. The van der Waals surface area contributed by atoms with E-state index in [0.717, 1.165) is 139 Å². The summed E-state index contributed by atoms with van der Waals surface area (Å²) in [6.07, 6.45) is 30.3. The molecule has 0 aliphatic heterocycles. The van der Waals surface area contributed by atoms with Crippen molar-refractivity contribution in [3.8, 4) is 23.0 Å². The van der Waals surface area contributed by atoms with Gasteiger partial charge in [0.25, 0.3) is 0 Å². The fraction of sp³-hybridized carbons (Fsp3) is 0.630. The largest absolute Gasteiger partial charge is 0.494 e. The molecule has 1 fully saturated rings. The molecule has 15 heteroatoms. The average Bonchev–Trinajstić information content (AvgIpc) is 3.26. The van der Waals surface area contributed by atoms with Gasteiger partial charge in [0.05, 0.1) is 85.1 Å².